The van der Waals surface area contributed by atoms with E-state index >= 15 is 0 Å². The second-order valence-electron chi connectivity index (χ2n) is 6.75. The van der Waals surface area contributed by atoms with Crippen LogP contribution in [0.3, 0.4) is 0 Å². The molecule has 0 fully saturated rings. The average molecular weight is 510 g/mol. The van der Waals surface area contributed by atoms with Gasteiger partial charge in [0.25, 0.3) is 5.91 Å². The third-order valence-corrected chi connectivity index (χ3v) is 4.29. The molecule has 0 aliphatic rings. The predicted molar refractivity (Wildman–Crippen MR) is 129 cm³/mol. The molecule has 2 aromatic carbocycles. The van der Waals surface area contributed by atoms with Gasteiger partial charge in [-0.05, 0) is 44.0 Å². The lowest BCUT2D eigenvalue weighted by molar-refractivity contribution is 0.0617. The molecule has 29 heavy (non-hydrogen) atoms. The molecule has 2 aromatic rings. The molecule has 0 aliphatic carbocycles. The van der Waals surface area contributed by atoms with E-state index in [0.29, 0.717) is 37.7 Å². The largest absolute Gasteiger partial charge is 0.384 e. The van der Waals surface area contributed by atoms with Crippen LogP contribution in [0.4, 0.5) is 0 Å². The van der Waals surface area contributed by atoms with Crippen LogP contribution in [-0.4, -0.2) is 36.6 Å². The number of rotatable bonds is 8. The van der Waals surface area contributed by atoms with Crippen LogP contribution in [-0.2, 0) is 12.1 Å². The van der Waals surface area contributed by atoms with Gasteiger partial charge >= 0.3 is 0 Å². The lowest BCUT2D eigenvalue weighted by Gasteiger charge is -2.25. The number of hydrogen-bond donors (Lipinski definition) is 4. The van der Waals surface area contributed by atoms with Gasteiger partial charge in [0.2, 0.25) is 0 Å². The van der Waals surface area contributed by atoms with Crippen molar-refractivity contribution in [3.05, 3.63) is 71.3 Å². The third kappa shape index (κ3) is 8.02. The first-order valence-corrected chi connectivity index (χ1v) is 9.63. The number of carbonyl (C=O) groups is 1. The van der Waals surface area contributed by atoms with Crippen molar-refractivity contribution in [1.29, 1.82) is 0 Å². The molecule has 0 saturated carbocycles. The number of aliphatic hydroxyl groups is 1. The van der Waals surface area contributed by atoms with Gasteiger partial charge in [0.05, 0.1) is 13.1 Å². The molecule has 158 valence electrons. The summed E-state index contributed by atoms with van der Waals surface area (Å²) in [6.45, 7) is 7.70. The fraction of sp³-hybridized carbons (Fsp3) is 0.364. The maximum Gasteiger partial charge on any atom is 0.251 e. The number of carbonyl (C=O) groups excluding carboxylic acids is 1. The Morgan fingerprint density at radius 1 is 1.00 bits per heavy atom. The zero-order chi connectivity index (χ0) is 20.4. The fourth-order valence-electron chi connectivity index (χ4n) is 2.74. The number of halogens is 1. The molecule has 1 amide bonds. The lowest BCUT2D eigenvalue weighted by atomic mass is 9.96. The summed E-state index contributed by atoms with van der Waals surface area (Å²) < 4.78 is 0. The average Bonchev–Trinajstić information content (AvgIpc) is 2.71. The Morgan fingerprint density at radius 3 is 2.34 bits per heavy atom. The van der Waals surface area contributed by atoms with Crippen LogP contribution in [0.1, 0.15) is 42.3 Å². The zero-order valence-corrected chi connectivity index (χ0v) is 19.6. The summed E-state index contributed by atoms with van der Waals surface area (Å²) in [7, 11) is 0. The molecule has 6 nitrogen and oxygen atoms in total. The molecule has 0 radical (unpaired) electrons. The Morgan fingerprint density at radius 2 is 1.69 bits per heavy atom. The van der Waals surface area contributed by atoms with Crippen molar-refractivity contribution in [3.63, 3.8) is 0 Å². The maximum absolute atomic E-state index is 12.0. The van der Waals surface area contributed by atoms with Crippen LogP contribution >= 0.6 is 24.0 Å². The highest BCUT2D eigenvalue weighted by Gasteiger charge is 2.22. The normalized spacial score (nSPS) is 13.0. The van der Waals surface area contributed by atoms with Crippen LogP contribution in [0, 0.1) is 0 Å². The van der Waals surface area contributed by atoms with Gasteiger partial charge in [0.1, 0.15) is 5.60 Å². The molecule has 0 spiro atoms. The Bertz CT molecular complexity index is 794. The summed E-state index contributed by atoms with van der Waals surface area (Å²) in [5.41, 5.74) is 1.39. The van der Waals surface area contributed by atoms with E-state index < -0.39 is 5.60 Å². The highest BCUT2D eigenvalue weighted by atomic mass is 127. The van der Waals surface area contributed by atoms with Crippen molar-refractivity contribution >= 4 is 35.8 Å². The van der Waals surface area contributed by atoms with E-state index in [9.17, 15) is 9.90 Å². The molecule has 7 heteroatoms. The van der Waals surface area contributed by atoms with Crippen LogP contribution in [0.2, 0.25) is 0 Å². The molecule has 0 bridgehead atoms. The molecule has 4 N–H and O–H groups in total. The van der Waals surface area contributed by atoms with Gasteiger partial charge in [-0.3, -0.25) is 4.79 Å². The molecular formula is C22H31IN4O2. The Labute approximate surface area is 190 Å². The molecule has 2 rings (SSSR count). The Balaban J connectivity index is 0.00000420. The van der Waals surface area contributed by atoms with Crippen LogP contribution in [0.25, 0.3) is 0 Å². The van der Waals surface area contributed by atoms with Crippen LogP contribution in [0.5, 0.6) is 0 Å². The van der Waals surface area contributed by atoms with Gasteiger partial charge in [-0.15, -0.1) is 24.0 Å². The van der Waals surface area contributed by atoms with Crippen molar-refractivity contribution in [2.75, 3.05) is 19.6 Å². The van der Waals surface area contributed by atoms with E-state index in [-0.39, 0.29) is 29.9 Å². The quantitative estimate of drug-likeness (QED) is 0.250. The topological polar surface area (TPSA) is 85.8 Å². The first kappa shape index (κ1) is 24.9. The SMILES string of the molecule is CCNC(=O)c1cccc(CN=C(NCC)NCC(C)(O)c2ccccc2)c1.I. The first-order chi connectivity index (χ1) is 13.5. The number of hydrogen-bond acceptors (Lipinski definition) is 3. The molecule has 1 unspecified atom stereocenters. The van der Waals surface area contributed by atoms with E-state index in [0.717, 1.165) is 11.1 Å². The number of nitrogens with zero attached hydrogens (tertiary/aromatic N) is 1. The van der Waals surface area contributed by atoms with E-state index in [1.807, 2.05) is 62.4 Å². The van der Waals surface area contributed by atoms with Crippen molar-refractivity contribution in [2.45, 2.75) is 32.9 Å². The van der Waals surface area contributed by atoms with Gasteiger partial charge < -0.3 is 21.1 Å². The molecule has 1 atom stereocenters. The minimum absolute atomic E-state index is 0. The van der Waals surface area contributed by atoms with Crippen LogP contribution in [0.15, 0.2) is 59.6 Å². The Kier molecular flexibility index (Phi) is 10.7. The smallest absolute Gasteiger partial charge is 0.251 e. The van der Waals surface area contributed by atoms with Crippen molar-refractivity contribution < 1.29 is 9.90 Å². The van der Waals surface area contributed by atoms with Gasteiger partial charge in [-0.1, -0.05) is 42.5 Å². The van der Waals surface area contributed by atoms with E-state index in [2.05, 4.69) is 20.9 Å². The van der Waals surface area contributed by atoms with Crippen molar-refractivity contribution in [2.24, 2.45) is 4.99 Å². The summed E-state index contributed by atoms with van der Waals surface area (Å²) in [5, 5.41) is 19.9. The highest BCUT2D eigenvalue weighted by molar-refractivity contribution is 14.0. The molecule has 0 heterocycles. The molecular weight excluding hydrogens is 479 g/mol. The minimum atomic E-state index is -1.02. The standard InChI is InChI=1S/C22H30N4O2.HI/c1-4-23-20(27)18-11-9-10-17(14-18)15-25-21(24-5-2)26-16-22(3,28)19-12-7-6-8-13-19;/h6-14,28H,4-5,15-16H2,1-3H3,(H,23,27)(H2,24,25,26);1H. The summed E-state index contributed by atoms with van der Waals surface area (Å²) in [6, 6.07) is 17.0. The Hall–Kier alpha value is -2.13. The van der Waals surface area contributed by atoms with Crippen molar-refractivity contribution in [1.82, 2.24) is 16.0 Å². The van der Waals surface area contributed by atoms with Crippen molar-refractivity contribution in [3.8, 4) is 0 Å². The number of nitrogens with one attached hydrogen (secondary N) is 3. The lowest BCUT2D eigenvalue weighted by Crippen LogP contribution is -2.44. The summed E-state index contributed by atoms with van der Waals surface area (Å²) in [4.78, 5) is 16.6. The highest BCUT2D eigenvalue weighted by Crippen LogP contribution is 2.18. The van der Waals surface area contributed by atoms with E-state index in [1.165, 1.54) is 0 Å². The van der Waals surface area contributed by atoms with Gasteiger partial charge in [-0.2, -0.15) is 0 Å². The second-order valence-corrected chi connectivity index (χ2v) is 6.75. The predicted octanol–water partition coefficient (Wildman–Crippen LogP) is 3.02. The zero-order valence-electron chi connectivity index (χ0n) is 17.2. The number of aliphatic imine (C=N–C) groups is 1. The summed E-state index contributed by atoms with van der Waals surface area (Å²) >= 11 is 0. The second kappa shape index (κ2) is 12.4. The first-order valence-electron chi connectivity index (χ1n) is 9.63. The number of guanidine groups is 1. The van der Waals surface area contributed by atoms with E-state index in [4.69, 9.17) is 0 Å². The minimum Gasteiger partial charge on any atom is -0.384 e. The van der Waals surface area contributed by atoms with Gasteiger partial charge in [0, 0.05) is 18.7 Å². The van der Waals surface area contributed by atoms with Gasteiger partial charge in [0.15, 0.2) is 5.96 Å². The van der Waals surface area contributed by atoms with Gasteiger partial charge in [-0.25, -0.2) is 4.99 Å². The van der Waals surface area contributed by atoms with E-state index in [1.54, 1.807) is 13.0 Å². The fourth-order valence-corrected chi connectivity index (χ4v) is 2.74. The molecule has 0 saturated heterocycles. The maximum atomic E-state index is 12.0. The number of amides is 1. The summed E-state index contributed by atoms with van der Waals surface area (Å²) in [5.74, 6) is 0.527. The third-order valence-electron chi connectivity index (χ3n) is 4.29. The molecule has 0 aromatic heterocycles. The number of benzene rings is 2. The monoisotopic (exact) mass is 510 g/mol. The van der Waals surface area contributed by atoms with Crippen LogP contribution < -0.4 is 16.0 Å². The summed E-state index contributed by atoms with van der Waals surface area (Å²) in [6.07, 6.45) is 0. The molecule has 0 aliphatic heterocycles.